The minimum Gasteiger partial charge on any atom is -0.493 e. The van der Waals surface area contributed by atoms with Crippen molar-refractivity contribution in [3.63, 3.8) is 0 Å². The van der Waals surface area contributed by atoms with E-state index in [1.165, 1.54) is 0 Å². The minimum absolute atomic E-state index is 0.413. The van der Waals surface area contributed by atoms with Gasteiger partial charge in [-0.3, -0.25) is 0 Å². The summed E-state index contributed by atoms with van der Waals surface area (Å²) in [6, 6.07) is 3.89. The molecule has 1 N–H and O–H groups in total. The summed E-state index contributed by atoms with van der Waals surface area (Å²) >= 11 is 0. The molecule has 0 aliphatic heterocycles. The zero-order valence-corrected chi connectivity index (χ0v) is 10.0. The van der Waals surface area contributed by atoms with Crippen LogP contribution < -0.4 is 4.74 Å². The van der Waals surface area contributed by atoms with E-state index in [1.54, 1.807) is 6.92 Å². The van der Waals surface area contributed by atoms with Gasteiger partial charge >= 0.3 is 0 Å². The van der Waals surface area contributed by atoms with Gasteiger partial charge in [0.2, 0.25) is 0 Å². The molecule has 0 amide bonds. The lowest BCUT2D eigenvalue weighted by atomic mass is 9.99. The Morgan fingerprint density at radius 1 is 1.27 bits per heavy atom. The van der Waals surface area contributed by atoms with Gasteiger partial charge in [0, 0.05) is 0 Å². The van der Waals surface area contributed by atoms with Crippen LogP contribution >= 0.6 is 0 Å². The first-order valence-corrected chi connectivity index (χ1v) is 5.48. The number of hydrogen-bond acceptors (Lipinski definition) is 2. The topological polar surface area (TPSA) is 29.5 Å². The number of aliphatic hydroxyl groups is 1. The Bertz CT molecular complexity index is 330. The van der Waals surface area contributed by atoms with Crippen LogP contribution in [0.15, 0.2) is 12.1 Å². The molecule has 1 atom stereocenters. The molecule has 2 nitrogen and oxygen atoms in total. The molecule has 1 rings (SSSR count). The average Bonchev–Trinajstić information content (AvgIpc) is 2.20. The monoisotopic (exact) mass is 208 g/mol. The molecule has 84 valence electrons. The predicted octanol–water partition coefficient (Wildman–Crippen LogP) is 3.15. The molecule has 0 aliphatic carbocycles. The van der Waals surface area contributed by atoms with Gasteiger partial charge in [-0.1, -0.05) is 13.0 Å². The molecule has 1 aromatic carbocycles. The van der Waals surface area contributed by atoms with Crippen molar-refractivity contribution < 1.29 is 9.84 Å². The van der Waals surface area contributed by atoms with Crippen LogP contribution in [0.4, 0.5) is 0 Å². The van der Waals surface area contributed by atoms with E-state index in [-0.39, 0.29) is 0 Å². The van der Waals surface area contributed by atoms with Gasteiger partial charge in [-0.25, -0.2) is 0 Å². The Labute approximate surface area is 91.9 Å². The largest absolute Gasteiger partial charge is 0.493 e. The maximum absolute atomic E-state index is 9.56. The summed E-state index contributed by atoms with van der Waals surface area (Å²) in [7, 11) is 0. The quantitative estimate of drug-likeness (QED) is 0.823. The zero-order valence-electron chi connectivity index (χ0n) is 10.0. The molecule has 0 saturated heterocycles. The minimum atomic E-state index is -0.413. The van der Waals surface area contributed by atoms with E-state index in [9.17, 15) is 5.11 Å². The maximum Gasteiger partial charge on any atom is 0.122 e. The van der Waals surface area contributed by atoms with E-state index in [1.807, 2.05) is 26.0 Å². The molecular formula is C13H20O2. The zero-order chi connectivity index (χ0) is 11.4. The maximum atomic E-state index is 9.56. The Morgan fingerprint density at radius 3 is 2.47 bits per heavy atom. The normalized spacial score (nSPS) is 12.6. The SMILES string of the molecule is CCCOc1ccc(C(C)O)c(C)c1C. The van der Waals surface area contributed by atoms with Crippen LogP contribution in [-0.4, -0.2) is 11.7 Å². The molecule has 2 heteroatoms. The molecule has 0 saturated carbocycles. The summed E-state index contributed by atoms with van der Waals surface area (Å²) in [6.45, 7) is 8.68. The van der Waals surface area contributed by atoms with E-state index in [0.29, 0.717) is 0 Å². The van der Waals surface area contributed by atoms with Crippen molar-refractivity contribution in [2.75, 3.05) is 6.61 Å². The highest BCUT2D eigenvalue weighted by Gasteiger charge is 2.10. The Morgan fingerprint density at radius 2 is 1.93 bits per heavy atom. The fourth-order valence-electron chi connectivity index (χ4n) is 1.64. The third kappa shape index (κ3) is 2.72. The van der Waals surface area contributed by atoms with Crippen LogP contribution in [0, 0.1) is 13.8 Å². The van der Waals surface area contributed by atoms with E-state index in [2.05, 4.69) is 6.92 Å². The number of ether oxygens (including phenoxy) is 1. The Balaban J connectivity index is 2.99. The molecule has 1 unspecified atom stereocenters. The second kappa shape index (κ2) is 5.17. The molecule has 15 heavy (non-hydrogen) atoms. The van der Waals surface area contributed by atoms with Crippen LogP contribution in [-0.2, 0) is 0 Å². The van der Waals surface area contributed by atoms with Gasteiger partial charge in [0.1, 0.15) is 5.75 Å². The predicted molar refractivity (Wildman–Crippen MR) is 62.3 cm³/mol. The van der Waals surface area contributed by atoms with Crippen LogP contribution in [0.3, 0.4) is 0 Å². The van der Waals surface area contributed by atoms with E-state index in [0.717, 1.165) is 35.5 Å². The van der Waals surface area contributed by atoms with Crippen molar-refractivity contribution in [1.82, 2.24) is 0 Å². The number of benzene rings is 1. The van der Waals surface area contributed by atoms with Crippen molar-refractivity contribution in [2.45, 2.75) is 40.2 Å². The molecule has 0 aromatic heterocycles. The fraction of sp³-hybridized carbons (Fsp3) is 0.538. The van der Waals surface area contributed by atoms with Crippen LogP contribution in [0.1, 0.15) is 43.1 Å². The highest BCUT2D eigenvalue weighted by molar-refractivity contribution is 5.44. The second-order valence-electron chi connectivity index (χ2n) is 3.93. The summed E-state index contributed by atoms with van der Waals surface area (Å²) in [5.74, 6) is 0.929. The number of hydrogen-bond donors (Lipinski definition) is 1. The Kier molecular flexibility index (Phi) is 4.15. The first-order valence-electron chi connectivity index (χ1n) is 5.48. The van der Waals surface area contributed by atoms with Gasteiger partial charge in [-0.2, -0.15) is 0 Å². The fourth-order valence-corrected chi connectivity index (χ4v) is 1.64. The first-order chi connectivity index (χ1) is 7.07. The molecule has 0 fully saturated rings. The van der Waals surface area contributed by atoms with Crippen LogP contribution in [0.5, 0.6) is 5.75 Å². The van der Waals surface area contributed by atoms with Crippen molar-refractivity contribution in [1.29, 1.82) is 0 Å². The molecular weight excluding hydrogens is 188 g/mol. The van der Waals surface area contributed by atoms with Gasteiger partial charge in [0.25, 0.3) is 0 Å². The van der Waals surface area contributed by atoms with Crippen LogP contribution in [0.2, 0.25) is 0 Å². The highest BCUT2D eigenvalue weighted by atomic mass is 16.5. The number of aliphatic hydroxyl groups excluding tert-OH is 1. The lowest BCUT2D eigenvalue weighted by Gasteiger charge is -2.15. The van der Waals surface area contributed by atoms with E-state index < -0.39 is 6.10 Å². The van der Waals surface area contributed by atoms with Gasteiger partial charge in [-0.15, -0.1) is 0 Å². The lowest BCUT2D eigenvalue weighted by molar-refractivity contribution is 0.198. The summed E-state index contributed by atoms with van der Waals surface area (Å²) < 4.78 is 5.62. The molecule has 0 bridgehead atoms. The summed E-state index contributed by atoms with van der Waals surface area (Å²) in [4.78, 5) is 0. The molecule has 0 aliphatic rings. The van der Waals surface area contributed by atoms with Crippen molar-refractivity contribution in [3.8, 4) is 5.75 Å². The smallest absolute Gasteiger partial charge is 0.122 e. The van der Waals surface area contributed by atoms with Gasteiger partial charge in [0.05, 0.1) is 12.7 Å². The van der Waals surface area contributed by atoms with Crippen LogP contribution in [0.25, 0.3) is 0 Å². The molecule has 1 aromatic rings. The van der Waals surface area contributed by atoms with Gasteiger partial charge in [0.15, 0.2) is 0 Å². The van der Waals surface area contributed by atoms with Crippen molar-refractivity contribution >= 4 is 0 Å². The third-order valence-electron chi connectivity index (χ3n) is 2.69. The molecule has 0 heterocycles. The van der Waals surface area contributed by atoms with E-state index in [4.69, 9.17) is 4.74 Å². The number of rotatable bonds is 4. The second-order valence-corrected chi connectivity index (χ2v) is 3.93. The highest BCUT2D eigenvalue weighted by Crippen LogP contribution is 2.27. The van der Waals surface area contributed by atoms with Gasteiger partial charge < -0.3 is 9.84 Å². The summed E-state index contributed by atoms with van der Waals surface area (Å²) in [5.41, 5.74) is 3.23. The van der Waals surface area contributed by atoms with Crippen molar-refractivity contribution in [3.05, 3.63) is 28.8 Å². The summed E-state index contributed by atoms with van der Waals surface area (Å²) in [6.07, 6.45) is 0.598. The summed E-state index contributed by atoms with van der Waals surface area (Å²) in [5, 5.41) is 9.56. The van der Waals surface area contributed by atoms with Crippen molar-refractivity contribution in [2.24, 2.45) is 0 Å². The third-order valence-corrected chi connectivity index (χ3v) is 2.69. The van der Waals surface area contributed by atoms with Gasteiger partial charge in [-0.05, 0) is 49.9 Å². The average molecular weight is 208 g/mol. The lowest BCUT2D eigenvalue weighted by Crippen LogP contribution is -2.02. The molecule has 0 radical (unpaired) electrons. The standard InChI is InChI=1S/C13H20O2/c1-5-8-15-13-7-6-12(11(4)14)9(2)10(13)3/h6-7,11,14H,5,8H2,1-4H3. The first kappa shape index (κ1) is 12.1. The molecule has 0 spiro atoms. The van der Waals surface area contributed by atoms with E-state index >= 15 is 0 Å². The Hall–Kier alpha value is -1.02.